The Hall–Kier alpha value is -0.480. The maximum absolute atomic E-state index is 9.82. The summed E-state index contributed by atoms with van der Waals surface area (Å²) >= 11 is 1.31. The molecule has 0 fully saturated rings. The molecular weight excluding hydrogens is 184 g/mol. The molecule has 0 saturated carbocycles. The summed E-state index contributed by atoms with van der Waals surface area (Å²) in [6.45, 7) is 6.23. The van der Waals surface area contributed by atoms with Crippen LogP contribution in [0, 0.1) is 5.92 Å². The van der Waals surface area contributed by atoms with Crippen molar-refractivity contribution in [1.82, 2.24) is 9.59 Å². The van der Waals surface area contributed by atoms with Crippen molar-refractivity contribution in [3.8, 4) is 0 Å². The summed E-state index contributed by atoms with van der Waals surface area (Å²) in [5.74, 6) is 0.502. The largest absolute Gasteiger partial charge is 0.387 e. The van der Waals surface area contributed by atoms with Crippen LogP contribution >= 0.6 is 11.5 Å². The number of nitrogens with zero attached hydrogens (tertiary/aromatic N) is 2. The lowest BCUT2D eigenvalue weighted by Gasteiger charge is -2.11. The maximum atomic E-state index is 9.82. The molecule has 4 heteroatoms. The third kappa shape index (κ3) is 2.74. The molecule has 1 unspecified atom stereocenters. The van der Waals surface area contributed by atoms with Gasteiger partial charge in [0.2, 0.25) is 0 Å². The Kier molecular flexibility index (Phi) is 3.81. The lowest BCUT2D eigenvalue weighted by molar-refractivity contribution is 0.153. The minimum atomic E-state index is -0.380. The van der Waals surface area contributed by atoms with Crippen molar-refractivity contribution in [2.24, 2.45) is 5.92 Å². The van der Waals surface area contributed by atoms with Gasteiger partial charge in [-0.1, -0.05) is 25.3 Å². The van der Waals surface area contributed by atoms with Gasteiger partial charge in [0.25, 0.3) is 0 Å². The third-order valence-electron chi connectivity index (χ3n) is 1.92. The first-order valence-electron chi connectivity index (χ1n) is 4.64. The molecule has 0 spiro atoms. The van der Waals surface area contributed by atoms with Crippen LogP contribution in [0.2, 0.25) is 0 Å². The van der Waals surface area contributed by atoms with Crippen molar-refractivity contribution in [2.45, 2.75) is 39.7 Å². The first-order valence-corrected chi connectivity index (χ1v) is 5.41. The Labute approximate surface area is 83.0 Å². The summed E-state index contributed by atoms with van der Waals surface area (Å²) in [5.41, 5.74) is 0.943. The van der Waals surface area contributed by atoms with Gasteiger partial charge in [0.1, 0.15) is 0 Å². The molecule has 3 nitrogen and oxygen atoms in total. The SMILES string of the molecule is CCc1nnsc1C(O)CC(C)C. The quantitative estimate of drug-likeness (QED) is 0.810. The van der Waals surface area contributed by atoms with E-state index in [0.717, 1.165) is 23.4 Å². The van der Waals surface area contributed by atoms with Gasteiger partial charge in [-0.15, -0.1) is 5.10 Å². The van der Waals surface area contributed by atoms with Gasteiger partial charge in [-0.25, -0.2) is 0 Å². The standard InChI is InChI=1S/C9H16N2OS/c1-4-7-9(13-11-10-7)8(12)5-6(2)3/h6,8,12H,4-5H2,1-3H3. The van der Waals surface area contributed by atoms with Crippen LogP contribution in [0.3, 0.4) is 0 Å². The first kappa shape index (κ1) is 10.6. The third-order valence-corrected chi connectivity index (χ3v) is 2.79. The van der Waals surface area contributed by atoms with Gasteiger partial charge >= 0.3 is 0 Å². The van der Waals surface area contributed by atoms with Crippen LogP contribution in [0.15, 0.2) is 0 Å². The molecule has 1 atom stereocenters. The van der Waals surface area contributed by atoms with Crippen molar-refractivity contribution in [3.63, 3.8) is 0 Å². The molecule has 13 heavy (non-hydrogen) atoms. The highest BCUT2D eigenvalue weighted by atomic mass is 32.1. The number of aliphatic hydroxyl groups is 1. The molecule has 0 aromatic carbocycles. The number of aromatic nitrogens is 2. The van der Waals surface area contributed by atoms with E-state index in [1.807, 2.05) is 6.92 Å². The summed E-state index contributed by atoms with van der Waals surface area (Å²) in [6, 6.07) is 0. The van der Waals surface area contributed by atoms with E-state index in [2.05, 4.69) is 23.4 Å². The number of hydrogen-bond donors (Lipinski definition) is 1. The van der Waals surface area contributed by atoms with E-state index < -0.39 is 0 Å². The van der Waals surface area contributed by atoms with Crippen LogP contribution in [-0.4, -0.2) is 14.7 Å². The zero-order valence-corrected chi connectivity index (χ0v) is 9.14. The van der Waals surface area contributed by atoms with E-state index in [4.69, 9.17) is 0 Å². The number of rotatable bonds is 4. The zero-order valence-electron chi connectivity index (χ0n) is 8.32. The van der Waals surface area contributed by atoms with E-state index in [1.165, 1.54) is 11.5 Å². The van der Waals surface area contributed by atoms with E-state index in [1.54, 1.807) is 0 Å². The molecule has 0 saturated heterocycles. The van der Waals surface area contributed by atoms with Gasteiger partial charge in [-0.3, -0.25) is 0 Å². The van der Waals surface area contributed by atoms with Gasteiger partial charge in [-0.05, 0) is 30.3 Å². The molecule has 1 rings (SSSR count). The van der Waals surface area contributed by atoms with Gasteiger partial charge in [-0.2, -0.15) is 0 Å². The lowest BCUT2D eigenvalue weighted by Crippen LogP contribution is -2.02. The molecule has 0 bridgehead atoms. The summed E-state index contributed by atoms with van der Waals surface area (Å²) in [7, 11) is 0. The molecular formula is C9H16N2OS. The Bertz CT molecular complexity index is 260. The van der Waals surface area contributed by atoms with Crippen LogP contribution in [0.4, 0.5) is 0 Å². The maximum Gasteiger partial charge on any atom is 0.0919 e. The van der Waals surface area contributed by atoms with Crippen LogP contribution in [0.1, 0.15) is 43.9 Å². The number of hydrogen-bond acceptors (Lipinski definition) is 4. The van der Waals surface area contributed by atoms with Crippen LogP contribution in [0.25, 0.3) is 0 Å². The number of aliphatic hydroxyl groups excluding tert-OH is 1. The van der Waals surface area contributed by atoms with Gasteiger partial charge in [0, 0.05) is 0 Å². The molecule has 1 aromatic heterocycles. The van der Waals surface area contributed by atoms with E-state index >= 15 is 0 Å². The number of aryl methyl sites for hydroxylation is 1. The van der Waals surface area contributed by atoms with Gasteiger partial charge in [0.05, 0.1) is 16.7 Å². The fourth-order valence-corrected chi connectivity index (χ4v) is 2.00. The normalized spacial score (nSPS) is 13.6. The summed E-state index contributed by atoms with van der Waals surface area (Å²) in [6.07, 6.45) is 1.26. The summed E-state index contributed by atoms with van der Waals surface area (Å²) < 4.78 is 3.85. The van der Waals surface area contributed by atoms with Gasteiger partial charge < -0.3 is 5.11 Å². The second-order valence-electron chi connectivity index (χ2n) is 3.58. The Balaban J connectivity index is 2.69. The molecule has 1 aromatic rings. The predicted molar refractivity (Wildman–Crippen MR) is 53.7 cm³/mol. The summed E-state index contributed by atoms with van der Waals surface area (Å²) in [4.78, 5) is 0.941. The molecule has 1 heterocycles. The second kappa shape index (κ2) is 4.67. The fourth-order valence-electron chi connectivity index (χ4n) is 1.27. The average Bonchev–Trinajstić information content (AvgIpc) is 2.49. The second-order valence-corrected chi connectivity index (χ2v) is 4.37. The average molecular weight is 200 g/mol. The Morgan fingerprint density at radius 3 is 2.69 bits per heavy atom. The monoisotopic (exact) mass is 200 g/mol. The van der Waals surface area contributed by atoms with Crippen LogP contribution in [0.5, 0.6) is 0 Å². The molecule has 0 radical (unpaired) electrons. The Morgan fingerprint density at radius 2 is 2.15 bits per heavy atom. The molecule has 0 aliphatic rings. The molecule has 0 amide bonds. The first-order chi connectivity index (χ1) is 6.15. The minimum absolute atomic E-state index is 0.380. The highest BCUT2D eigenvalue weighted by Crippen LogP contribution is 2.26. The predicted octanol–water partition coefficient (Wildman–Crippen LogP) is 2.18. The Morgan fingerprint density at radius 1 is 1.46 bits per heavy atom. The van der Waals surface area contributed by atoms with E-state index in [9.17, 15) is 5.11 Å². The highest BCUT2D eigenvalue weighted by Gasteiger charge is 2.16. The van der Waals surface area contributed by atoms with Crippen LogP contribution < -0.4 is 0 Å². The molecule has 0 aliphatic carbocycles. The van der Waals surface area contributed by atoms with Crippen molar-refractivity contribution in [3.05, 3.63) is 10.6 Å². The van der Waals surface area contributed by atoms with Crippen molar-refractivity contribution < 1.29 is 5.11 Å². The van der Waals surface area contributed by atoms with Crippen molar-refractivity contribution in [2.75, 3.05) is 0 Å². The molecule has 0 aliphatic heterocycles. The van der Waals surface area contributed by atoms with Crippen molar-refractivity contribution in [1.29, 1.82) is 0 Å². The minimum Gasteiger partial charge on any atom is -0.387 e. The van der Waals surface area contributed by atoms with E-state index in [-0.39, 0.29) is 6.10 Å². The summed E-state index contributed by atoms with van der Waals surface area (Å²) in [5, 5.41) is 13.8. The highest BCUT2D eigenvalue weighted by molar-refractivity contribution is 7.05. The van der Waals surface area contributed by atoms with Crippen LogP contribution in [-0.2, 0) is 6.42 Å². The topological polar surface area (TPSA) is 46.0 Å². The fraction of sp³-hybridized carbons (Fsp3) is 0.778. The lowest BCUT2D eigenvalue weighted by atomic mass is 10.0. The van der Waals surface area contributed by atoms with Crippen molar-refractivity contribution >= 4 is 11.5 Å². The molecule has 1 N–H and O–H groups in total. The van der Waals surface area contributed by atoms with Gasteiger partial charge in [0.15, 0.2) is 0 Å². The van der Waals surface area contributed by atoms with E-state index in [0.29, 0.717) is 5.92 Å². The smallest absolute Gasteiger partial charge is 0.0919 e. The zero-order chi connectivity index (χ0) is 9.84. The molecule has 74 valence electrons.